The van der Waals surface area contributed by atoms with E-state index in [4.69, 9.17) is 9.47 Å². The van der Waals surface area contributed by atoms with Crippen LogP contribution in [-0.4, -0.2) is 35.7 Å². The van der Waals surface area contributed by atoms with E-state index >= 15 is 0 Å². The molecule has 6 heteroatoms. The molecule has 0 atom stereocenters. The summed E-state index contributed by atoms with van der Waals surface area (Å²) < 4.78 is 10.1. The number of hydrogen-bond donors (Lipinski definition) is 0. The van der Waals surface area contributed by atoms with E-state index in [9.17, 15) is 14.4 Å². The smallest absolute Gasteiger partial charge is 0.428 e. The summed E-state index contributed by atoms with van der Waals surface area (Å²) in [4.78, 5) is 37.1. The first-order chi connectivity index (χ1) is 11.7. The molecule has 1 aliphatic heterocycles. The third kappa shape index (κ3) is 5.59. The van der Waals surface area contributed by atoms with Crippen LogP contribution in [0.1, 0.15) is 52.0 Å². The maximum Gasteiger partial charge on any atom is 0.514 e. The predicted molar refractivity (Wildman–Crippen MR) is 93.8 cm³/mol. The molecule has 0 bridgehead atoms. The van der Waals surface area contributed by atoms with E-state index < -0.39 is 11.8 Å². The summed E-state index contributed by atoms with van der Waals surface area (Å²) >= 11 is 0. The Morgan fingerprint density at radius 3 is 2.24 bits per heavy atom. The van der Waals surface area contributed by atoms with Crippen LogP contribution in [0, 0.1) is 0 Å². The highest BCUT2D eigenvalue weighted by Crippen LogP contribution is 2.27. The molecule has 1 amide bonds. The van der Waals surface area contributed by atoms with E-state index in [0.29, 0.717) is 13.1 Å². The number of nitrogens with zero attached hydrogens (tertiary/aromatic N) is 1. The molecule has 1 heterocycles. The van der Waals surface area contributed by atoms with Gasteiger partial charge in [0.05, 0.1) is 0 Å². The molecule has 1 aromatic rings. The number of hydrogen-bond acceptors (Lipinski definition) is 5. The second-order valence-electron chi connectivity index (χ2n) is 7.24. The van der Waals surface area contributed by atoms with Crippen LogP contribution in [0.4, 0.5) is 4.79 Å². The first kappa shape index (κ1) is 19.0. The third-order valence-electron chi connectivity index (χ3n) is 4.09. The third-order valence-corrected chi connectivity index (χ3v) is 4.09. The summed E-state index contributed by atoms with van der Waals surface area (Å²) in [6.45, 7) is 8.18. The largest absolute Gasteiger partial charge is 0.514 e. The monoisotopic (exact) mass is 347 g/mol. The van der Waals surface area contributed by atoms with Crippen molar-refractivity contribution in [2.75, 3.05) is 13.1 Å². The molecule has 1 aromatic carbocycles. The Balaban J connectivity index is 2.09. The maximum absolute atomic E-state index is 12.1. The van der Waals surface area contributed by atoms with Crippen molar-refractivity contribution in [3.63, 3.8) is 0 Å². The summed E-state index contributed by atoms with van der Waals surface area (Å²) in [5, 5.41) is 0. The molecule has 0 unspecified atom stereocenters. The second kappa shape index (κ2) is 7.68. The molecule has 2 rings (SSSR count). The molecule has 0 saturated carbocycles. The van der Waals surface area contributed by atoms with Crippen LogP contribution in [-0.2, 0) is 9.53 Å². The standard InChI is InChI=1S/C19H25NO5/c1-13(21)20-11-9-15(10-12-20)14-5-7-16(22)17(8-6-14)24-18(23)25-19(2,3)4/h5-8,15H,9-12H2,1-4H3. The normalized spacial score (nSPS) is 15.6. The summed E-state index contributed by atoms with van der Waals surface area (Å²) in [6, 6.07) is 6.49. The molecule has 6 nitrogen and oxygen atoms in total. The lowest BCUT2D eigenvalue weighted by Crippen LogP contribution is -2.36. The molecule has 0 spiro atoms. The summed E-state index contributed by atoms with van der Waals surface area (Å²) in [5.41, 5.74) is -0.0648. The van der Waals surface area contributed by atoms with E-state index in [1.165, 1.54) is 12.1 Å². The van der Waals surface area contributed by atoms with Crippen LogP contribution >= 0.6 is 0 Å². The topological polar surface area (TPSA) is 72.9 Å². The highest BCUT2D eigenvalue weighted by atomic mass is 16.7. The molecular weight excluding hydrogens is 322 g/mol. The van der Waals surface area contributed by atoms with Gasteiger partial charge in [-0.2, -0.15) is 0 Å². The first-order valence-electron chi connectivity index (χ1n) is 8.46. The Kier molecular flexibility index (Phi) is 5.82. The zero-order valence-corrected chi connectivity index (χ0v) is 15.2. The Labute approximate surface area is 147 Å². The van der Waals surface area contributed by atoms with Crippen LogP contribution in [0.25, 0.3) is 0 Å². The van der Waals surface area contributed by atoms with E-state index in [1.807, 2.05) is 4.90 Å². The maximum atomic E-state index is 12.1. The van der Waals surface area contributed by atoms with Gasteiger partial charge >= 0.3 is 6.16 Å². The molecular formula is C19H25NO5. The molecule has 0 N–H and O–H groups in total. The number of carbonyl (C=O) groups is 2. The van der Waals surface area contributed by atoms with Crippen molar-refractivity contribution in [3.8, 4) is 5.75 Å². The number of ether oxygens (including phenoxy) is 2. The SMILES string of the molecule is CC(=O)N1CCC(c2ccc(OC(=O)OC(C)(C)C)c(=O)cc2)CC1. The summed E-state index contributed by atoms with van der Waals surface area (Å²) in [6.07, 6.45) is 0.798. The average Bonchev–Trinajstić information content (AvgIpc) is 2.68. The lowest BCUT2D eigenvalue weighted by atomic mass is 9.90. The number of rotatable bonds is 2. The quantitative estimate of drug-likeness (QED) is 0.769. The van der Waals surface area contributed by atoms with E-state index in [-0.39, 0.29) is 23.0 Å². The van der Waals surface area contributed by atoms with Gasteiger partial charge in [0, 0.05) is 20.0 Å². The summed E-state index contributed by atoms with van der Waals surface area (Å²) in [7, 11) is 0. The number of amides is 1. The van der Waals surface area contributed by atoms with Gasteiger partial charge in [-0.05, 0) is 57.2 Å². The number of likely N-dealkylation sites (tertiary alicyclic amines) is 1. The number of piperidine rings is 1. The van der Waals surface area contributed by atoms with E-state index in [2.05, 4.69) is 0 Å². The average molecular weight is 347 g/mol. The zero-order chi connectivity index (χ0) is 18.6. The fourth-order valence-electron chi connectivity index (χ4n) is 2.81. The van der Waals surface area contributed by atoms with Gasteiger partial charge < -0.3 is 14.4 Å². The van der Waals surface area contributed by atoms with Crippen LogP contribution in [0.5, 0.6) is 5.75 Å². The molecule has 25 heavy (non-hydrogen) atoms. The lowest BCUT2D eigenvalue weighted by molar-refractivity contribution is -0.129. The lowest BCUT2D eigenvalue weighted by Gasteiger charge is -2.31. The van der Waals surface area contributed by atoms with Crippen molar-refractivity contribution in [1.29, 1.82) is 0 Å². The minimum Gasteiger partial charge on any atom is -0.428 e. The van der Waals surface area contributed by atoms with Crippen LogP contribution < -0.4 is 10.2 Å². The van der Waals surface area contributed by atoms with Crippen LogP contribution in [0.2, 0.25) is 0 Å². The van der Waals surface area contributed by atoms with Gasteiger partial charge in [-0.15, -0.1) is 0 Å². The zero-order valence-electron chi connectivity index (χ0n) is 15.2. The molecule has 0 aromatic heterocycles. The predicted octanol–water partition coefficient (Wildman–Crippen LogP) is 3.09. The van der Waals surface area contributed by atoms with Crippen LogP contribution in [0.15, 0.2) is 29.1 Å². The molecule has 136 valence electrons. The van der Waals surface area contributed by atoms with Gasteiger partial charge in [-0.3, -0.25) is 9.59 Å². The van der Waals surface area contributed by atoms with Gasteiger partial charge in [0.25, 0.3) is 0 Å². The highest BCUT2D eigenvalue weighted by Gasteiger charge is 2.22. The fraction of sp³-hybridized carbons (Fsp3) is 0.526. The molecule has 0 aliphatic carbocycles. The molecule has 1 fully saturated rings. The highest BCUT2D eigenvalue weighted by molar-refractivity contribution is 5.73. The molecule has 0 radical (unpaired) electrons. The molecule has 1 saturated heterocycles. The Hall–Kier alpha value is -2.37. The second-order valence-corrected chi connectivity index (χ2v) is 7.24. The summed E-state index contributed by atoms with van der Waals surface area (Å²) in [5.74, 6) is 0.311. The van der Waals surface area contributed by atoms with Crippen molar-refractivity contribution >= 4 is 12.1 Å². The van der Waals surface area contributed by atoms with E-state index in [1.54, 1.807) is 39.8 Å². The Bertz CT molecular complexity index is 700. The van der Waals surface area contributed by atoms with Crippen molar-refractivity contribution in [1.82, 2.24) is 4.90 Å². The molecule has 1 aliphatic rings. The van der Waals surface area contributed by atoms with Crippen molar-refractivity contribution in [2.24, 2.45) is 0 Å². The Morgan fingerprint density at radius 1 is 1.08 bits per heavy atom. The van der Waals surface area contributed by atoms with Gasteiger partial charge in [-0.1, -0.05) is 12.1 Å². The van der Waals surface area contributed by atoms with Gasteiger partial charge in [0.1, 0.15) is 5.60 Å². The van der Waals surface area contributed by atoms with Crippen molar-refractivity contribution < 1.29 is 19.1 Å². The first-order valence-corrected chi connectivity index (χ1v) is 8.46. The Morgan fingerprint density at radius 2 is 1.68 bits per heavy atom. The van der Waals surface area contributed by atoms with Crippen molar-refractivity contribution in [2.45, 2.75) is 52.1 Å². The minimum atomic E-state index is -0.896. The van der Waals surface area contributed by atoms with Gasteiger partial charge in [-0.25, -0.2) is 4.79 Å². The number of carbonyl (C=O) groups excluding carboxylic acids is 2. The fourth-order valence-corrected chi connectivity index (χ4v) is 2.81. The van der Waals surface area contributed by atoms with Gasteiger partial charge in [0.15, 0.2) is 5.75 Å². The minimum absolute atomic E-state index is 0.0540. The van der Waals surface area contributed by atoms with Gasteiger partial charge in [0.2, 0.25) is 11.3 Å². The van der Waals surface area contributed by atoms with Crippen LogP contribution in [0.3, 0.4) is 0 Å². The van der Waals surface area contributed by atoms with Crippen molar-refractivity contribution in [3.05, 3.63) is 40.1 Å². The van der Waals surface area contributed by atoms with E-state index in [0.717, 1.165) is 18.4 Å².